The highest BCUT2D eigenvalue weighted by Crippen LogP contribution is 1.99. The van der Waals surface area contributed by atoms with Crippen LogP contribution >= 0.6 is 0 Å². The van der Waals surface area contributed by atoms with Crippen LogP contribution in [0.25, 0.3) is 0 Å². The fourth-order valence-corrected chi connectivity index (χ4v) is 1.58. The molecule has 0 radical (unpaired) electrons. The Morgan fingerprint density at radius 1 is 1.40 bits per heavy atom. The smallest absolute Gasteiger partial charge is 0.431 e. The first kappa shape index (κ1) is 20.1. The number of nitrogens with zero attached hydrogens (tertiary/aromatic N) is 2. The van der Waals surface area contributed by atoms with Crippen molar-refractivity contribution in [1.29, 1.82) is 0 Å². The molecule has 0 fully saturated rings. The van der Waals surface area contributed by atoms with E-state index in [1.807, 2.05) is 6.92 Å². The van der Waals surface area contributed by atoms with Crippen molar-refractivity contribution in [1.82, 2.24) is 5.32 Å². The monoisotopic (exact) mass is 357 g/mol. The van der Waals surface area contributed by atoms with Crippen molar-refractivity contribution in [3.63, 3.8) is 0 Å². The maximum atomic E-state index is 12.0. The number of pyridine rings is 1. The van der Waals surface area contributed by atoms with Gasteiger partial charge in [-0.1, -0.05) is 6.92 Å². The van der Waals surface area contributed by atoms with E-state index < -0.39 is 6.16 Å². The molecule has 1 amide bonds. The van der Waals surface area contributed by atoms with Crippen LogP contribution in [0.4, 0.5) is 4.79 Å². The lowest BCUT2D eigenvalue weighted by Gasteiger charge is -2.09. The highest BCUT2D eigenvalue weighted by Gasteiger charge is 2.15. The summed E-state index contributed by atoms with van der Waals surface area (Å²) in [5.41, 5.74) is 0.354. The van der Waals surface area contributed by atoms with Gasteiger partial charge in [-0.25, -0.2) is 4.79 Å². The van der Waals surface area contributed by atoms with E-state index in [4.69, 9.17) is 9.47 Å². The van der Waals surface area contributed by atoms with Crippen molar-refractivity contribution in [3.8, 4) is 0 Å². The molecule has 0 unspecified atom stereocenters. The van der Waals surface area contributed by atoms with E-state index in [0.29, 0.717) is 12.0 Å². The van der Waals surface area contributed by atoms with Gasteiger partial charge < -0.3 is 14.8 Å². The van der Waals surface area contributed by atoms with Crippen molar-refractivity contribution in [2.45, 2.75) is 33.1 Å². The molecule has 0 aromatic carbocycles. The zero-order valence-corrected chi connectivity index (χ0v) is 14.5. The minimum atomic E-state index is -0.769. The molecule has 10 heteroatoms. The van der Waals surface area contributed by atoms with E-state index >= 15 is 0 Å². The largest absolute Gasteiger partial charge is 0.513 e. The highest BCUT2D eigenvalue weighted by molar-refractivity contribution is 5.93. The predicted octanol–water partition coefficient (Wildman–Crippen LogP) is 0.885. The van der Waals surface area contributed by atoms with Crippen LogP contribution in [0, 0.1) is 4.91 Å². The second-order valence-electron chi connectivity index (χ2n) is 4.96. The van der Waals surface area contributed by atoms with Crippen LogP contribution in [0.1, 0.15) is 30.6 Å². The van der Waals surface area contributed by atoms with Crippen molar-refractivity contribution in [2.24, 2.45) is 0 Å². The average Bonchev–Trinajstić information content (AvgIpc) is 2.63. The fourth-order valence-electron chi connectivity index (χ4n) is 1.58. The molecule has 0 bridgehead atoms. The van der Waals surface area contributed by atoms with Gasteiger partial charge >= 0.3 is 11.2 Å². The summed E-state index contributed by atoms with van der Waals surface area (Å²) in [6.07, 6.45) is 2.86. The fraction of sp³-hybridized carbons (Fsp3) is 0.533. The number of carbonyl (C=O) groups excluding carboxylic acids is 2. The third kappa shape index (κ3) is 7.95. The van der Waals surface area contributed by atoms with Crippen molar-refractivity contribution < 1.29 is 38.4 Å². The molecule has 1 aromatic heterocycles. The molecule has 0 saturated carbocycles. The van der Waals surface area contributed by atoms with Gasteiger partial charge in [-0.15, -0.1) is 0 Å². The zero-order chi connectivity index (χ0) is 18.7. The number of amides is 1. The van der Waals surface area contributed by atoms with Gasteiger partial charge in [0.25, 0.3) is 12.6 Å². The maximum absolute atomic E-state index is 12.0. The van der Waals surface area contributed by atoms with E-state index in [9.17, 15) is 14.5 Å². The van der Waals surface area contributed by atoms with Gasteiger partial charge in [-0.2, -0.15) is 14.2 Å². The van der Waals surface area contributed by atoms with Crippen LogP contribution in [0.3, 0.4) is 0 Å². The van der Waals surface area contributed by atoms with Gasteiger partial charge in [-0.3, -0.25) is 4.79 Å². The highest BCUT2D eigenvalue weighted by atomic mass is 17.0. The van der Waals surface area contributed by atoms with Crippen molar-refractivity contribution >= 4 is 12.1 Å². The van der Waals surface area contributed by atoms with Gasteiger partial charge in [-0.05, 0) is 19.4 Å². The van der Waals surface area contributed by atoms with E-state index in [0.717, 1.165) is 7.11 Å². The average molecular weight is 357 g/mol. The summed E-state index contributed by atoms with van der Waals surface area (Å²) in [6, 6.07) is 3.23. The molecular formula is C15H23N3O7+2. The van der Waals surface area contributed by atoms with E-state index in [-0.39, 0.29) is 37.0 Å². The van der Waals surface area contributed by atoms with E-state index in [2.05, 4.69) is 15.0 Å². The summed E-state index contributed by atoms with van der Waals surface area (Å²) < 4.78 is 11.5. The van der Waals surface area contributed by atoms with Gasteiger partial charge in [0, 0.05) is 6.07 Å². The molecule has 0 aliphatic heterocycles. The third-order valence-corrected chi connectivity index (χ3v) is 3.06. The molecule has 1 rings (SSSR count). The summed E-state index contributed by atoms with van der Waals surface area (Å²) in [6.45, 7) is 3.65. The number of rotatable bonds is 10. The number of nitrogens with one attached hydrogen (secondary N) is 1. The Morgan fingerprint density at radius 2 is 2.16 bits per heavy atom. The lowest BCUT2D eigenvalue weighted by atomic mass is 10.2. The van der Waals surface area contributed by atoms with Gasteiger partial charge in [0.15, 0.2) is 26.1 Å². The summed E-state index contributed by atoms with van der Waals surface area (Å²) in [7, 11) is 1.16. The van der Waals surface area contributed by atoms with Crippen LogP contribution in [0.5, 0.6) is 0 Å². The topological polar surface area (TPSA) is 107 Å². The molecule has 1 heterocycles. The molecule has 25 heavy (non-hydrogen) atoms. The van der Waals surface area contributed by atoms with Gasteiger partial charge in [0.05, 0.1) is 6.54 Å². The Kier molecular flexibility index (Phi) is 8.69. The minimum Gasteiger partial charge on any atom is -0.431 e. The van der Waals surface area contributed by atoms with Crippen LogP contribution in [0.15, 0.2) is 24.5 Å². The summed E-state index contributed by atoms with van der Waals surface area (Å²) in [4.78, 5) is 42.9. The van der Waals surface area contributed by atoms with E-state index in [1.165, 1.54) is 10.8 Å². The third-order valence-electron chi connectivity index (χ3n) is 3.06. The second kappa shape index (κ2) is 10.8. The van der Waals surface area contributed by atoms with Crippen LogP contribution in [0.2, 0.25) is 0 Å². The molecule has 0 spiro atoms. The number of carbonyl (C=O) groups is 2. The van der Waals surface area contributed by atoms with Gasteiger partial charge in [0.1, 0.15) is 16.6 Å². The Hall–Kier alpha value is -2.91. The molecule has 0 saturated heterocycles. The minimum absolute atomic E-state index is 0.0412. The van der Waals surface area contributed by atoms with Crippen LogP contribution < -0.4 is 9.88 Å². The number of hydrogen-bond acceptors (Lipinski definition) is 7. The maximum Gasteiger partial charge on any atom is 0.513 e. The first-order chi connectivity index (χ1) is 12.0. The first-order valence-corrected chi connectivity index (χ1v) is 7.71. The molecule has 0 aliphatic carbocycles. The first-order valence-electron chi connectivity index (χ1n) is 7.71. The molecule has 1 aromatic rings. The number of aromatic nitrogens is 1. The quantitative estimate of drug-likeness (QED) is 0.287. The molecule has 138 valence electrons. The summed E-state index contributed by atoms with van der Waals surface area (Å²) in [5, 5.41) is 2.52. The molecular weight excluding hydrogens is 334 g/mol. The lowest BCUT2D eigenvalue weighted by molar-refractivity contribution is -0.976. The van der Waals surface area contributed by atoms with E-state index in [1.54, 1.807) is 25.3 Å². The second-order valence-corrected chi connectivity index (χ2v) is 4.96. The van der Waals surface area contributed by atoms with Gasteiger partial charge in [0.2, 0.25) is 0 Å². The van der Waals surface area contributed by atoms with Crippen LogP contribution in [-0.4, -0.2) is 43.5 Å². The Morgan fingerprint density at radius 3 is 2.84 bits per heavy atom. The van der Waals surface area contributed by atoms with Crippen molar-refractivity contribution in [2.75, 3.05) is 20.3 Å². The molecule has 10 nitrogen and oxygen atoms in total. The number of ether oxygens (including phenoxy) is 2. The molecule has 0 aliphatic rings. The Balaban J connectivity index is 2.44. The number of hydrogen-bond donors (Lipinski definition) is 1. The summed E-state index contributed by atoms with van der Waals surface area (Å²) >= 11 is 0. The predicted molar refractivity (Wildman–Crippen MR) is 82.9 cm³/mol. The Bertz CT molecular complexity index is 594. The summed E-state index contributed by atoms with van der Waals surface area (Å²) in [5.74, 6) is -0.366. The lowest BCUT2D eigenvalue weighted by Crippen LogP contribution is -2.38. The van der Waals surface area contributed by atoms with Crippen molar-refractivity contribution in [3.05, 3.63) is 35.0 Å². The normalized spacial score (nSPS) is 11.2. The Labute approximate surface area is 145 Å². The standard InChI is InChI=1S/C15H22N3O7/c1-4-12(2)25-15(20)23-11-17-8-5-6-13(10-17)14(19)16-7-9-24-18(21)22-3/h5-6,8,10,12H,4,7,9,11H2,1-3H3/q+1/p+1/t12-/m0/s1. The zero-order valence-electron chi connectivity index (χ0n) is 14.5. The van der Waals surface area contributed by atoms with Crippen LogP contribution in [-0.2, 0) is 25.9 Å². The molecule has 1 atom stereocenters. The SMILES string of the molecule is CC[C@H](C)OC(=O)OC[n+]1cccc(C(=O)NCCO[N+](=O)OC)c1. The molecule has 1 N–H and O–H groups in total.